The monoisotopic (exact) mass is 322 g/mol. The summed E-state index contributed by atoms with van der Waals surface area (Å²) in [6.07, 6.45) is 1.93. The summed E-state index contributed by atoms with van der Waals surface area (Å²) in [5.74, 6) is 0.130. The van der Waals surface area contributed by atoms with Crippen molar-refractivity contribution in [2.45, 2.75) is 8.68 Å². The van der Waals surface area contributed by atoms with E-state index in [0.717, 1.165) is 8.68 Å². The van der Waals surface area contributed by atoms with Crippen LogP contribution in [0.5, 0.6) is 0 Å². The highest BCUT2D eigenvalue weighted by Crippen LogP contribution is 2.27. The number of nitrogens with one attached hydrogen (secondary N) is 1. The largest absolute Gasteiger partial charge is 0.325 e. The predicted molar refractivity (Wildman–Crippen MR) is 82.2 cm³/mol. The number of thioether (sulfide) groups is 2. The highest BCUT2D eigenvalue weighted by molar-refractivity contribution is 8.03. The molecule has 0 spiro atoms. The Labute approximate surface area is 128 Å². The second kappa shape index (κ2) is 7.28. The van der Waals surface area contributed by atoms with Crippen molar-refractivity contribution in [1.29, 1.82) is 5.26 Å². The molecule has 0 aliphatic rings. The van der Waals surface area contributed by atoms with Crippen LogP contribution in [-0.2, 0) is 4.79 Å². The highest BCUT2D eigenvalue weighted by Gasteiger charge is 2.08. The number of nitrogens with zero attached hydrogens (tertiary/aromatic N) is 3. The second-order valence-electron chi connectivity index (χ2n) is 3.57. The lowest BCUT2D eigenvalue weighted by Crippen LogP contribution is -2.13. The van der Waals surface area contributed by atoms with Crippen molar-refractivity contribution in [2.24, 2.45) is 0 Å². The van der Waals surface area contributed by atoms with Gasteiger partial charge in [-0.1, -0.05) is 40.9 Å². The Bertz CT molecular complexity index is 650. The van der Waals surface area contributed by atoms with Gasteiger partial charge in [-0.05, 0) is 24.5 Å². The van der Waals surface area contributed by atoms with Crippen LogP contribution < -0.4 is 5.32 Å². The van der Waals surface area contributed by atoms with Gasteiger partial charge in [0.2, 0.25) is 5.91 Å². The van der Waals surface area contributed by atoms with Crippen molar-refractivity contribution in [3.8, 4) is 6.07 Å². The molecule has 0 bridgehead atoms. The quantitative estimate of drug-likeness (QED) is 0.853. The van der Waals surface area contributed by atoms with E-state index in [4.69, 9.17) is 5.26 Å². The van der Waals surface area contributed by atoms with E-state index >= 15 is 0 Å². The molecule has 1 N–H and O–H groups in total. The zero-order valence-electron chi connectivity index (χ0n) is 10.5. The van der Waals surface area contributed by atoms with Gasteiger partial charge >= 0.3 is 0 Å². The number of hydrogen-bond acceptors (Lipinski definition) is 7. The lowest BCUT2D eigenvalue weighted by atomic mass is 10.2. The number of hydrogen-bond donors (Lipinski definition) is 1. The molecule has 2 aromatic rings. The van der Waals surface area contributed by atoms with Gasteiger partial charge in [-0.25, -0.2) is 0 Å². The number of carbonyl (C=O) groups is 1. The molecule has 0 saturated heterocycles. The number of benzene rings is 1. The Hall–Kier alpha value is -1.56. The summed E-state index contributed by atoms with van der Waals surface area (Å²) in [5, 5.41) is 19.5. The number of rotatable bonds is 5. The summed E-state index contributed by atoms with van der Waals surface area (Å²) in [6, 6.07) is 8.84. The number of nitriles is 1. The van der Waals surface area contributed by atoms with Crippen molar-refractivity contribution in [3.05, 3.63) is 29.8 Å². The molecule has 0 unspecified atom stereocenters. The van der Waals surface area contributed by atoms with E-state index in [-0.39, 0.29) is 11.7 Å². The van der Waals surface area contributed by atoms with Crippen molar-refractivity contribution in [3.63, 3.8) is 0 Å². The van der Waals surface area contributed by atoms with Gasteiger partial charge in [-0.2, -0.15) is 5.26 Å². The van der Waals surface area contributed by atoms with Crippen LogP contribution >= 0.6 is 34.9 Å². The molecular formula is C12H10N4OS3. The first-order valence-corrected chi connectivity index (χ1v) is 8.54. The van der Waals surface area contributed by atoms with E-state index in [1.54, 1.807) is 24.3 Å². The van der Waals surface area contributed by atoms with Gasteiger partial charge in [0.05, 0.1) is 17.4 Å². The van der Waals surface area contributed by atoms with Crippen LogP contribution in [0.25, 0.3) is 0 Å². The fraction of sp³-hybridized carbons (Fsp3) is 0.167. The van der Waals surface area contributed by atoms with Crippen LogP contribution in [0, 0.1) is 11.3 Å². The van der Waals surface area contributed by atoms with E-state index in [1.807, 2.05) is 12.3 Å². The third-order valence-corrected chi connectivity index (χ3v) is 5.20. The Morgan fingerprint density at radius 3 is 2.95 bits per heavy atom. The average Bonchev–Trinajstić information content (AvgIpc) is 2.93. The van der Waals surface area contributed by atoms with E-state index in [1.165, 1.54) is 34.9 Å². The SMILES string of the molecule is CSc1nnc(SCC(=O)Nc2cccc(C#N)c2)s1. The Morgan fingerprint density at radius 2 is 2.25 bits per heavy atom. The van der Waals surface area contributed by atoms with E-state index in [2.05, 4.69) is 15.5 Å². The van der Waals surface area contributed by atoms with Gasteiger partial charge in [0.25, 0.3) is 0 Å². The molecular weight excluding hydrogens is 312 g/mol. The second-order valence-corrected chi connectivity index (χ2v) is 6.82. The molecule has 8 heteroatoms. The molecule has 1 amide bonds. The van der Waals surface area contributed by atoms with Gasteiger partial charge in [0.15, 0.2) is 8.68 Å². The maximum Gasteiger partial charge on any atom is 0.234 e. The molecule has 0 atom stereocenters. The molecule has 0 aliphatic carbocycles. The average molecular weight is 322 g/mol. The minimum atomic E-state index is -0.133. The highest BCUT2D eigenvalue weighted by atomic mass is 32.2. The normalized spacial score (nSPS) is 10.0. The van der Waals surface area contributed by atoms with Crippen LogP contribution in [-0.4, -0.2) is 28.1 Å². The lowest BCUT2D eigenvalue weighted by molar-refractivity contribution is -0.113. The van der Waals surface area contributed by atoms with Crippen LogP contribution in [0.1, 0.15) is 5.56 Å². The molecule has 5 nitrogen and oxygen atoms in total. The molecule has 0 saturated carbocycles. The summed E-state index contributed by atoms with van der Waals surface area (Å²) in [7, 11) is 0. The van der Waals surface area contributed by atoms with Gasteiger partial charge in [-0.15, -0.1) is 10.2 Å². The van der Waals surface area contributed by atoms with E-state index in [9.17, 15) is 4.79 Å². The molecule has 0 radical (unpaired) electrons. The number of carbonyl (C=O) groups excluding carboxylic acids is 1. The molecule has 1 heterocycles. The summed E-state index contributed by atoms with van der Waals surface area (Å²) in [5.41, 5.74) is 1.14. The van der Waals surface area contributed by atoms with E-state index < -0.39 is 0 Å². The Kier molecular flexibility index (Phi) is 5.40. The van der Waals surface area contributed by atoms with Gasteiger partial charge < -0.3 is 5.32 Å². The van der Waals surface area contributed by atoms with Gasteiger partial charge in [0.1, 0.15) is 0 Å². The molecule has 1 aromatic carbocycles. The zero-order valence-corrected chi connectivity index (χ0v) is 12.9. The summed E-state index contributed by atoms with van der Waals surface area (Å²) in [4.78, 5) is 11.8. The summed E-state index contributed by atoms with van der Waals surface area (Å²) < 4.78 is 1.66. The number of anilines is 1. The van der Waals surface area contributed by atoms with Crippen molar-refractivity contribution in [2.75, 3.05) is 17.3 Å². The lowest BCUT2D eigenvalue weighted by Gasteiger charge is -2.03. The predicted octanol–water partition coefficient (Wildman–Crippen LogP) is 2.86. The van der Waals surface area contributed by atoms with Crippen LogP contribution in [0.4, 0.5) is 5.69 Å². The van der Waals surface area contributed by atoms with Crippen LogP contribution in [0.3, 0.4) is 0 Å². The van der Waals surface area contributed by atoms with Crippen molar-refractivity contribution < 1.29 is 4.79 Å². The Balaban J connectivity index is 1.87. The maximum absolute atomic E-state index is 11.8. The van der Waals surface area contributed by atoms with Crippen LogP contribution in [0.2, 0.25) is 0 Å². The zero-order chi connectivity index (χ0) is 14.4. The molecule has 20 heavy (non-hydrogen) atoms. The van der Waals surface area contributed by atoms with Crippen molar-refractivity contribution >= 4 is 46.5 Å². The molecule has 1 aromatic heterocycles. The third-order valence-electron chi connectivity index (χ3n) is 2.16. The first-order valence-electron chi connectivity index (χ1n) is 5.51. The van der Waals surface area contributed by atoms with Crippen molar-refractivity contribution in [1.82, 2.24) is 10.2 Å². The number of aromatic nitrogens is 2. The number of amides is 1. The summed E-state index contributed by atoms with van der Waals surface area (Å²) >= 11 is 4.35. The first-order chi connectivity index (χ1) is 9.71. The molecule has 2 rings (SSSR count). The van der Waals surface area contributed by atoms with Crippen LogP contribution in [0.15, 0.2) is 32.9 Å². The smallest absolute Gasteiger partial charge is 0.234 e. The third kappa shape index (κ3) is 4.23. The Morgan fingerprint density at radius 1 is 1.45 bits per heavy atom. The van der Waals surface area contributed by atoms with E-state index in [0.29, 0.717) is 11.3 Å². The molecule has 0 fully saturated rings. The minimum absolute atomic E-state index is 0.133. The molecule has 102 valence electrons. The minimum Gasteiger partial charge on any atom is -0.325 e. The fourth-order valence-electron chi connectivity index (χ4n) is 1.33. The molecule has 0 aliphatic heterocycles. The topological polar surface area (TPSA) is 78.7 Å². The summed E-state index contributed by atoms with van der Waals surface area (Å²) in [6.45, 7) is 0. The maximum atomic E-state index is 11.8. The standard InChI is InChI=1S/C12H10N4OS3/c1-18-11-15-16-12(20-11)19-7-10(17)14-9-4-2-3-8(5-9)6-13/h2-5H,7H2,1H3,(H,14,17). The van der Waals surface area contributed by atoms with Gasteiger partial charge in [-0.3, -0.25) is 4.79 Å². The van der Waals surface area contributed by atoms with Gasteiger partial charge in [0, 0.05) is 5.69 Å². The fourth-order valence-corrected chi connectivity index (χ4v) is 3.57. The first kappa shape index (κ1) is 14.8.